The first-order chi connectivity index (χ1) is 12.4. The molecule has 1 aliphatic rings. The molecular formula is C20H24FN3O2. The summed E-state index contributed by atoms with van der Waals surface area (Å²) >= 11 is 0. The van der Waals surface area contributed by atoms with Gasteiger partial charge in [-0.15, -0.1) is 0 Å². The van der Waals surface area contributed by atoms with Gasteiger partial charge in [0, 0.05) is 24.8 Å². The zero-order valence-electron chi connectivity index (χ0n) is 15.4. The number of nitrogens with one attached hydrogen (secondary N) is 1. The molecule has 0 radical (unpaired) electrons. The van der Waals surface area contributed by atoms with Gasteiger partial charge in [-0.1, -0.05) is 23.8 Å². The molecule has 1 aromatic carbocycles. The first-order valence-electron chi connectivity index (χ1n) is 8.80. The van der Waals surface area contributed by atoms with Crippen molar-refractivity contribution < 1.29 is 13.9 Å². The molecule has 3 rings (SSSR count). The molecule has 5 nitrogen and oxygen atoms in total. The van der Waals surface area contributed by atoms with Crippen molar-refractivity contribution in [2.24, 2.45) is 0 Å². The summed E-state index contributed by atoms with van der Waals surface area (Å²) in [6.07, 6.45) is 0.702. The van der Waals surface area contributed by atoms with Gasteiger partial charge in [-0.05, 0) is 44.4 Å². The fraction of sp³-hybridized carbons (Fsp3) is 0.400. The zero-order chi connectivity index (χ0) is 18.7. The Morgan fingerprint density at radius 3 is 2.73 bits per heavy atom. The molecule has 0 bridgehead atoms. The Labute approximate surface area is 153 Å². The highest BCUT2D eigenvalue weighted by molar-refractivity contribution is 5.93. The van der Waals surface area contributed by atoms with Gasteiger partial charge in [0.2, 0.25) is 17.7 Å². The molecule has 6 heteroatoms. The summed E-state index contributed by atoms with van der Waals surface area (Å²) in [4.78, 5) is 18.2. The van der Waals surface area contributed by atoms with Crippen molar-refractivity contribution in [1.29, 1.82) is 0 Å². The lowest BCUT2D eigenvalue weighted by Crippen LogP contribution is -2.33. The molecule has 1 N–H and O–H groups in total. The Morgan fingerprint density at radius 2 is 2.04 bits per heavy atom. The number of pyridine rings is 1. The number of amides is 1. The molecular weight excluding hydrogens is 333 g/mol. The van der Waals surface area contributed by atoms with Gasteiger partial charge in [-0.3, -0.25) is 9.69 Å². The molecule has 0 aliphatic carbocycles. The average molecular weight is 357 g/mol. The quantitative estimate of drug-likeness (QED) is 0.835. The topological polar surface area (TPSA) is 54.5 Å². The number of carbonyl (C=O) groups is 1. The van der Waals surface area contributed by atoms with E-state index in [4.69, 9.17) is 4.74 Å². The van der Waals surface area contributed by atoms with Crippen molar-refractivity contribution in [2.45, 2.75) is 33.3 Å². The SMILES string of the molecule is Cc1cc(C)c(NC(=O)CN2CCC(Oc3cccc(F)n3)C2)c(C)c1. The Morgan fingerprint density at radius 1 is 1.31 bits per heavy atom. The van der Waals surface area contributed by atoms with Crippen molar-refractivity contribution in [1.82, 2.24) is 9.88 Å². The van der Waals surface area contributed by atoms with Crippen LogP contribution in [0.3, 0.4) is 0 Å². The van der Waals surface area contributed by atoms with Gasteiger partial charge in [0.25, 0.3) is 0 Å². The van der Waals surface area contributed by atoms with Crippen LogP contribution in [0.5, 0.6) is 5.88 Å². The zero-order valence-corrected chi connectivity index (χ0v) is 15.4. The maximum Gasteiger partial charge on any atom is 0.238 e. The van der Waals surface area contributed by atoms with E-state index in [0.29, 0.717) is 13.1 Å². The van der Waals surface area contributed by atoms with E-state index in [1.54, 1.807) is 12.1 Å². The van der Waals surface area contributed by atoms with E-state index >= 15 is 0 Å². The first kappa shape index (κ1) is 18.3. The molecule has 1 fully saturated rings. The minimum absolute atomic E-state index is 0.0374. The van der Waals surface area contributed by atoms with E-state index in [1.165, 1.54) is 11.6 Å². The summed E-state index contributed by atoms with van der Waals surface area (Å²) in [5.74, 6) is -0.308. The second-order valence-corrected chi connectivity index (χ2v) is 6.88. The molecule has 138 valence electrons. The highest BCUT2D eigenvalue weighted by atomic mass is 19.1. The summed E-state index contributed by atoms with van der Waals surface area (Å²) in [6, 6.07) is 8.63. The largest absolute Gasteiger partial charge is 0.473 e. The lowest BCUT2D eigenvalue weighted by molar-refractivity contribution is -0.117. The number of benzene rings is 1. The molecule has 26 heavy (non-hydrogen) atoms. The lowest BCUT2D eigenvalue weighted by Gasteiger charge is -2.18. The lowest BCUT2D eigenvalue weighted by atomic mass is 10.1. The van der Waals surface area contributed by atoms with Gasteiger partial charge in [0.15, 0.2) is 0 Å². The van der Waals surface area contributed by atoms with Crippen LogP contribution < -0.4 is 10.1 Å². The van der Waals surface area contributed by atoms with Gasteiger partial charge in [-0.25, -0.2) is 0 Å². The van der Waals surface area contributed by atoms with Crippen molar-refractivity contribution in [3.8, 4) is 5.88 Å². The van der Waals surface area contributed by atoms with Crippen LogP contribution in [0, 0.1) is 26.7 Å². The van der Waals surface area contributed by atoms with Crippen LogP contribution in [-0.4, -0.2) is 41.5 Å². The highest BCUT2D eigenvalue weighted by Crippen LogP contribution is 2.22. The summed E-state index contributed by atoms with van der Waals surface area (Å²) in [5.41, 5.74) is 4.20. The molecule has 1 saturated heterocycles. The second-order valence-electron chi connectivity index (χ2n) is 6.88. The third kappa shape index (κ3) is 4.58. The molecule has 1 atom stereocenters. The number of carbonyl (C=O) groups excluding carboxylic acids is 1. The van der Waals surface area contributed by atoms with Crippen LogP contribution in [0.1, 0.15) is 23.1 Å². The number of anilines is 1. The predicted molar refractivity (Wildman–Crippen MR) is 99.0 cm³/mol. The van der Waals surface area contributed by atoms with E-state index in [-0.39, 0.29) is 17.9 Å². The van der Waals surface area contributed by atoms with Crippen molar-refractivity contribution in [3.63, 3.8) is 0 Å². The van der Waals surface area contributed by atoms with E-state index in [9.17, 15) is 9.18 Å². The molecule has 1 aliphatic heterocycles. The smallest absolute Gasteiger partial charge is 0.238 e. The Hall–Kier alpha value is -2.47. The van der Waals surface area contributed by atoms with Crippen molar-refractivity contribution >= 4 is 11.6 Å². The van der Waals surface area contributed by atoms with Crippen LogP contribution in [0.25, 0.3) is 0 Å². The number of rotatable bonds is 5. The van der Waals surface area contributed by atoms with Gasteiger partial charge in [-0.2, -0.15) is 9.37 Å². The minimum Gasteiger partial charge on any atom is -0.473 e. The fourth-order valence-corrected chi connectivity index (χ4v) is 3.42. The van der Waals surface area contributed by atoms with Gasteiger partial charge < -0.3 is 10.1 Å². The van der Waals surface area contributed by atoms with E-state index < -0.39 is 5.95 Å². The van der Waals surface area contributed by atoms with Crippen LogP contribution in [0.2, 0.25) is 0 Å². The molecule has 0 spiro atoms. The molecule has 2 heterocycles. The minimum atomic E-state index is -0.555. The fourth-order valence-electron chi connectivity index (χ4n) is 3.42. The van der Waals surface area contributed by atoms with Crippen LogP contribution in [-0.2, 0) is 4.79 Å². The van der Waals surface area contributed by atoms with Crippen molar-refractivity contribution in [3.05, 3.63) is 53.0 Å². The standard InChI is InChI=1S/C20H24FN3O2/c1-13-9-14(2)20(15(3)10-13)23-18(25)12-24-8-7-16(11-24)26-19-6-4-5-17(21)22-19/h4-6,9-10,16H,7-8,11-12H2,1-3H3,(H,23,25). The average Bonchev–Trinajstić information content (AvgIpc) is 2.97. The third-order valence-corrected chi connectivity index (χ3v) is 4.51. The van der Waals surface area contributed by atoms with Crippen LogP contribution in [0.4, 0.5) is 10.1 Å². The van der Waals surface area contributed by atoms with E-state index in [2.05, 4.69) is 22.4 Å². The Bertz CT molecular complexity index is 786. The summed E-state index contributed by atoms with van der Waals surface area (Å²) in [6.45, 7) is 7.74. The van der Waals surface area contributed by atoms with Crippen LogP contribution >= 0.6 is 0 Å². The Balaban J connectivity index is 1.53. The monoisotopic (exact) mass is 357 g/mol. The predicted octanol–water partition coefficient (Wildman–Crippen LogP) is 3.24. The number of nitrogens with zero attached hydrogens (tertiary/aromatic N) is 2. The molecule has 0 saturated carbocycles. The molecule has 2 aromatic rings. The Kier molecular flexibility index (Phi) is 5.52. The number of hydrogen-bond acceptors (Lipinski definition) is 4. The first-order valence-corrected chi connectivity index (χ1v) is 8.80. The molecule has 1 unspecified atom stereocenters. The number of likely N-dealkylation sites (tertiary alicyclic amines) is 1. The van der Waals surface area contributed by atoms with Crippen LogP contribution in [0.15, 0.2) is 30.3 Å². The van der Waals surface area contributed by atoms with E-state index in [0.717, 1.165) is 29.8 Å². The third-order valence-electron chi connectivity index (χ3n) is 4.51. The number of halogens is 1. The van der Waals surface area contributed by atoms with E-state index in [1.807, 2.05) is 25.7 Å². The second kappa shape index (κ2) is 7.83. The number of aromatic nitrogens is 1. The van der Waals surface area contributed by atoms with Crippen molar-refractivity contribution in [2.75, 3.05) is 25.0 Å². The highest BCUT2D eigenvalue weighted by Gasteiger charge is 2.26. The summed E-state index contributed by atoms with van der Waals surface area (Å²) < 4.78 is 18.8. The normalized spacial score (nSPS) is 17.3. The summed E-state index contributed by atoms with van der Waals surface area (Å²) in [7, 11) is 0. The molecule has 1 aromatic heterocycles. The van der Waals surface area contributed by atoms with Gasteiger partial charge >= 0.3 is 0 Å². The maximum atomic E-state index is 13.1. The molecule has 1 amide bonds. The number of ether oxygens (including phenoxy) is 1. The number of aryl methyl sites for hydroxylation is 3. The van der Waals surface area contributed by atoms with Gasteiger partial charge in [0.05, 0.1) is 6.54 Å². The van der Waals surface area contributed by atoms with Gasteiger partial charge in [0.1, 0.15) is 6.10 Å². The maximum absolute atomic E-state index is 13.1. The summed E-state index contributed by atoms with van der Waals surface area (Å²) in [5, 5.41) is 3.02. The number of hydrogen-bond donors (Lipinski definition) is 1.